The maximum Gasteiger partial charge on any atom is 0.220 e. The highest BCUT2D eigenvalue weighted by atomic mass is 35.5. The molecule has 8 rings (SSSR count). The minimum absolute atomic E-state index is 0.0639. The van der Waals surface area contributed by atoms with Crippen molar-refractivity contribution < 1.29 is 14.6 Å². The molecule has 0 aliphatic carbocycles. The second-order valence-corrected chi connectivity index (χ2v) is 14.3. The minimum Gasteiger partial charge on any atom is -0.481 e. The van der Waals surface area contributed by atoms with E-state index in [4.69, 9.17) is 36.4 Å². The summed E-state index contributed by atoms with van der Waals surface area (Å²) in [6.07, 6.45) is 3.88. The number of carbonyl (C=O) groups is 1. The highest BCUT2D eigenvalue weighted by molar-refractivity contribution is 6.36. The van der Waals surface area contributed by atoms with Crippen LogP contribution in [-0.2, 0) is 17.9 Å². The number of likely N-dealkylation sites (tertiary alicyclic amines) is 1. The van der Waals surface area contributed by atoms with Crippen LogP contribution in [0.3, 0.4) is 0 Å². The van der Waals surface area contributed by atoms with E-state index in [-0.39, 0.29) is 11.3 Å². The van der Waals surface area contributed by atoms with Crippen LogP contribution < -0.4 is 15.4 Å². The molecule has 260 valence electrons. The fourth-order valence-corrected chi connectivity index (χ4v) is 7.84. The average molecular weight is 703 g/mol. The van der Waals surface area contributed by atoms with Gasteiger partial charge in [-0.15, -0.1) is 0 Å². The minimum atomic E-state index is -0.419. The van der Waals surface area contributed by atoms with Gasteiger partial charge in [-0.25, -0.2) is 14.6 Å². The number of aryl methyl sites for hydroxylation is 1. The van der Waals surface area contributed by atoms with E-state index >= 15 is 0 Å². The summed E-state index contributed by atoms with van der Waals surface area (Å²) in [5.74, 6) is 1.36. The number of benzene rings is 2. The van der Waals surface area contributed by atoms with E-state index < -0.39 is 6.10 Å². The van der Waals surface area contributed by atoms with Crippen LogP contribution in [0.25, 0.3) is 50.0 Å². The summed E-state index contributed by atoms with van der Waals surface area (Å²) in [5, 5.41) is 23.1. The number of halogens is 1. The van der Waals surface area contributed by atoms with E-state index in [1.165, 1.54) is 0 Å². The summed E-state index contributed by atoms with van der Waals surface area (Å²) in [6.45, 7) is 8.05. The number of aromatic nitrogens is 5. The van der Waals surface area contributed by atoms with Gasteiger partial charge >= 0.3 is 0 Å². The zero-order valence-electron chi connectivity index (χ0n) is 28.8. The van der Waals surface area contributed by atoms with Gasteiger partial charge in [0.05, 0.1) is 35.6 Å². The van der Waals surface area contributed by atoms with Gasteiger partial charge in [-0.1, -0.05) is 48.0 Å². The Hall–Kier alpha value is -4.94. The number of aliphatic hydroxyl groups excluding tert-OH is 1. The van der Waals surface area contributed by atoms with Gasteiger partial charge in [0.1, 0.15) is 5.52 Å². The Bertz CT molecular complexity index is 2300. The molecule has 6 aromatic rings. The van der Waals surface area contributed by atoms with Crippen molar-refractivity contribution >= 4 is 39.3 Å². The van der Waals surface area contributed by atoms with E-state index in [9.17, 15) is 9.90 Å². The lowest BCUT2D eigenvalue weighted by Gasteiger charge is -2.47. The van der Waals surface area contributed by atoms with E-state index in [0.717, 1.165) is 80.6 Å². The molecule has 0 radical (unpaired) electrons. The lowest BCUT2D eigenvalue weighted by molar-refractivity contribution is -0.120. The number of methoxy groups -OCH3 is 1. The number of pyridine rings is 3. The van der Waals surface area contributed by atoms with Gasteiger partial charge in [-0.3, -0.25) is 14.7 Å². The van der Waals surface area contributed by atoms with Crippen molar-refractivity contribution in [1.82, 2.24) is 40.3 Å². The third kappa shape index (κ3) is 6.31. The maximum atomic E-state index is 11.8. The quantitative estimate of drug-likeness (QED) is 0.170. The molecule has 2 aromatic carbocycles. The molecule has 12 heteroatoms. The number of hydrogen-bond acceptors (Lipinski definition) is 9. The van der Waals surface area contributed by atoms with Crippen molar-refractivity contribution in [2.24, 2.45) is 5.41 Å². The smallest absolute Gasteiger partial charge is 0.220 e. The fourth-order valence-electron chi connectivity index (χ4n) is 7.51. The molecule has 0 saturated carbocycles. The molecule has 6 heterocycles. The van der Waals surface area contributed by atoms with E-state index in [2.05, 4.69) is 33.7 Å². The number of rotatable bonds is 10. The number of nitrogens with zero attached hydrogens (tertiary/aromatic N) is 6. The van der Waals surface area contributed by atoms with Crippen LogP contribution >= 0.6 is 11.6 Å². The molecule has 51 heavy (non-hydrogen) atoms. The molecule has 1 atom stereocenters. The standard InChI is InChI=1S/C39H39ClN8O3/c1-23-12-27-13-25(16-41-15-24(2)49)17-42-36(27)37(45-23)48-33-9-5-6-28(31(33)18-44-48)29-7-4-8-30(35(29)40)32-11-10-26(38(46-32)51-3)19-47-21-39(22-47)14-34(50)43-20-39/h4-13,17-18,24,41,49H,14-16,19-22H2,1-3H3,(H,43,50)/t24-/m1/s1. The summed E-state index contributed by atoms with van der Waals surface area (Å²) in [6, 6.07) is 20.2. The third-order valence-electron chi connectivity index (χ3n) is 9.82. The normalized spacial score (nSPS) is 16.1. The summed E-state index contributed by atoms with van der Waals surface area (Å²) < 4.78 is 7.60. The van der Waals surface area contributed by atoms with Crippen molar-refractivity contribution in [3.05, 3.63) is 94.9 Å². The molecule has 0 unspecified atom stereocenters. The topological polar surface area (TPSA) is 130 Å². The first kappa shape index (κ1) is 33.2. The summed E-state index contributed by atoms with van der Waals surface area (Å²) >= 11 is 7.21. The Kier molecular flexibility index (Phi) is 8.67. The molecule has 1 amide bonds. The number of fused-ring (bicyclic) bond motifs is 2. The zero-order valence-corrected chi connectivity index (χ0v) is 29.5. The van der Waals surface area contributed by atoms with Crippen molar-refractivity contribution in [3.63, 3.8) is 0 Å². The molecule has 0 bridgehead atoms. The molecular formula is C39H39ClN8O3. The lowest BCUT2D eigenvalue weighted by Crippen LogP contribution is -2.56. The summed E-state index contributed by atoms with van der Waals surface area (Å²) in [5.41, 5.74) is 7.90. The lowest BCUT2D eigenvalue weighted by atomic mass is 9.79. The molecule has 11 nitrogen and oxygen atoms in total. The SMILES string of the molecule is COc1nc(-c2cccc(-c3cccc4c3cnn4-c3nc(C)cc4cc(CNC[C@@H](C)O)cnc34)c2Cl)ccc1CN1CC2(CNC(=O)C2)C1. The summed E-state index contributed by atoms with van der Waals surface area (Å²) in [4.78, 5) is 28.7. The van der Waals surface area contributed by atoms with Crippen molar-refractivity contribution in [2.75, 3.05) is 33.3 Å². The number of aliphatic hydroxyl groups is 1. The molecule has 2 aliphatic rings. The van der Waals surface area contributed by atoms with Crippen LogP contribution in [0.4, 0.5) is 0 Å². The molecule has 3 N–H and O–H groups in total. The molecule has 2 saturated heterocycles. The first-order chi connectivity index (χ1) is 24.7. The first-order valence-corrected chi connectivity index (χ1v) is 17.5. The summed E-state index contributed by atoms with van der Waals surface area (Å²) in [7, 11) is 1.64. The second-order valence-electron chi connectivity index (χ2n) is 13.9. The van der Waals surface area contributed by atoms with Gasteiger partial charge in [0, 0.05) is 90.5 Å². The van der Waals surface area contributed by atoms with Crippen molar-refractivity contribution in [2.45, 2.75) is 39.5 Å². The molecule has 2 fully saturated rings. The maximum absolute atomic E-state index is 11.8. The number of carbonyl (C=O) groups excluding carboxylic acids is 1. The Labute approximate surface area is 300 Å². The van der Waals surface area contributed by atoms with Gasteiger partial charge in [-0.2, -0.15) is 5.10 Å². The van der Waals surface area contributed by atoms with Crippen LogP contribution in [0.5, 0.6) is 5.88 Å². The largest absolute Gasteiger partial charge is 0.481 e. The molecule has 4 aromatic heterocycles. The predicted molar refractivity (Wildman–Crippen MR) is 198 cm³/mol. The van der Waals surface area contributed by atoms with Gasteiger partial charge < -0.3 is 20.5 Å². The van der Waals surface area contributed by atoms with Gasteiger partial charge in [0.15, 0.2) is 5.82 Å². The Morgan fingerprint density at radius 2 is 1.86 bits per heavy atom. The first-order valence-electron chi connectivity index (χ1n) is 17.1. The Morgan fingerprint density at radius 1 is 1.06 bits per heavy atom. The number of ether oxygens (including phenoxy) is 1. The fraction of sp³-hybridized carbons (Fsp3) is 0.308. The number of amides is 1. The average Bonchev–Trinajstić information content (AvgIpc) is 3.72. The van der Waals surface area contributed by atoms with Crippen LogP contribution in [0.15, 0.2) is 73.1 Å². The van der Waals surface area contributed by atoms with E-state index in [1.54, 1.807) is 14.0 Å². The van der Waals surface area contributed by atoms with Gasteiger partial charge in [0.2, 0.25) is 11.8 Å². The number of hydrogen-bond donors (Lipinski definition) is 3. The van der Waals surface area contributed by atoms with Crippen LogP contribution in [0.1, 0.15) is 30.2 Å². The second kappa shape index (κ2) is 13.3. The van der Waals surface area contributed by atoms with Crippen LogP contribution in [0.2, 0.25) is 5.02 Å². The van der Waals surface area contributed by atoms with Crippen LogP contribution in [0, 0.1) is 12.3 Å². The predicted octanol–water partition coefficient (Wildman–Crippen LogP) is 5.46. The van der Waals surface area contributed by atoms with E-state index in [1.807, 2.05) is 66.5 Å². The highest BCUT2D eigenvalue weighted by Crippen LogP contribution is 2.41. The third-order valence-corrected chi connectivity index (χ3v) is 10.2. The molecular weight excluding hydrogens is 664 g/mol. The van der Waals surface area contributed by atoms with Gasteiger partial charge in [0.25, 0.3) is 0 Å². The monoisotopic (exact) mass is 702 g/mol. The number of nitrogens with one attached hydrogen (secondary N) is 2. The van der Waals surface area contributed by atoms with E-state index in [0.29, 0.717) is 42.8 Å². The Balaban J connectivity index is 1.09. The Morgan fingerprint density at radius 3 is 2.65 bits per heavy atom. The van der Waals surface area contributed by atoms with Crippen molar-refractivity contribution in [1.29, 1.82) is 0 Å². The van der Waals surface area contributed by atoms with Gasteiger partial charge in [-0.05, 0) is 49.2 Å². The zero-order chi connectivity index (χ0) is 35.3. The molecule has 1 spiro atoms. The van der Waals surface area contributed by atoms with Crippen LogP contribution in [-0.4, -0.2) is 80.0 Å². The molecule has 2 aliphatic heterocycles. The van der Waals surface area contributed by atoms with Crippen molar-refractivity contribution in [3.8, 4) is 34.1 Å². The highest BCUT2D eigenvalue weighted by Gasteiger charge is 2.48.